The maximum atomic E-state index is 15.0. The summed E-state index contributed by atoms with van der Waals surface area (Å²) >= 11 is 0. The van der Waals surface area contributed by atoms with Crippen LogP contribution in [0.5, 0.6) is 0 Å². The fraction of sp³-hybridized carbons (Fsp3) is 0.458. The third-order valence-electron chi connectivity index (χ3n) is 6.74. The van der Waals surface area contributed by atoms with Gasteiger partial charge in [-0.1, -0.05) is 0 Å². The van der Waals surface area contributed by atoms with Crippen LogP contribution < -0.4 is 4.90 Å². The second-order valence-electron chi connectivity index (χ2n) is 9.85. The van der Waals surface area contributed by atoms with Gasteiger partial charge in [-0.3, -0.25) is 9.88 Å². The zero-order valence-electron chi connectivity index (χ0n) is 19.3. The van der Waals surface area contributed by atoms with Gasteiger partial charge in [0.05, 0.1) is 47.3 Å². The minimum atomic E-state index is -2.95. The van der Waals surface area contributed by atoms with E-state index in [4.69, 9.17) is 10.00 Å². The maximum Gasteiger partial charge on any atom is 0.416 e. The van der Waals surface area contributed by atoms with Crippen molar-refractivity contribution in [2.24, 2.45) is 5.92 Å². The van der Waals surface area contributed by atoms with Crippen LogP contribution in [0.25, 0.3) is 11.0 Å². The molecule has 9 nitrogen and oxygen atoms in total. The SMILES string of the molecule is CC(C)(O)c1cnc(N2C[C@@]3(CCC(F)(F)[C@@H](Cc4nc5ccc(C#N)cc5[nH]4)C3)OC2=O)cn1. The molecule has 0 radical (unpaired) electrons. The molecule has 2 aromatic heterocycles. The largest absolute Gasteiger partial charge is 0.441 e. The van der Waals surface area contributed by atoms with E-state index in [0.717, 1.165) is 0 Å². The Balaban J connectivity index is 1.36. The van der Waals surface area contributed by atoms with E-state index in [1.54, 1.807) is 32.0 Å². The number of halogens is 2. The predicted octanol–water partition coefficient (Wildman–Crippen LogP) is 3.83. The van der Waals surface area contributed by atoms with Gasteiger partial charge in [0, 0.05) is 18.8 Å². The Morgan fingerprint density at radius 3 is 2.80 bits per heavy atom. The van der Waals surface area contributed by atoms with Crippen LogP contribution in [0.2, 0.25) is 0 Å². The number of aromatic amines is 1. The number of alkyl halides is 2. The molecule has 1 saturated carbocycles. The Morgan fingerprint density at radius 2 is 2.11 bits per heavy atom. The van der Waals surface area contributed by atoms with Crippen molar-refractivity contribution in [2.75, 3.05) is 11.4 Å². The number of carbonyl (C=O) groups is 1. The lowest BCUT2D eigenvalue weighted by molar-refractivity contribution is -0.135. The summed E-state index contributed by atoms with van der Waals surface area (Å²) in [6.07, 6.45) is 1.64. The fourth-order valence-electron chi connectivity index (χ4n) is 4.80. The average Bonchev–Trinajstić information content (AvgIpc) is 3.35. The van der Waals surface area contributed by atoms with Gasteiger partial charge < -0.3 is 14.8 Å². The molecule has 35 heavy (non-hydrogen) atoms. The second kappa shape index (κ2) is 7.95. The number of hydrogen-bond donors (Lipinski definition) is 2. The minimum Gasteiger partial charge on any atom is -0.441 e. The van der Waals surface area contributed by atoms with Gasteiger partial charge in [-0.05, 0) is 44.9 Å². The van der Waals surface area contributed by atoms with Gasteiger partial charge >= 0.3 is 6.09 Å². The number of ether oxygens (including phenoxy) is 1. The molecule has 2 N–H and O–H groups in total. The number of nitrogens with zero attached hydrogens (tertiary/aromatic N) is 5. The van der Waals surface area contributed by atoms with Gasteiger partial charge in [-0.25, -0.2) is 23.5 Å². The molecule has 3 heterocycles. The van der Waals surface area contributed by atoms with Gasteiger partial charge in [0.15, 0.2) is 5.82 Å². The van der Waals surface area contributed by atoms with Crippen molar-refractivity contribution in [2.45, 2.75) is 56.7 Å². The summed E-state index contributed by atoms with van der Waals surface area (Å²) in [6.45, 7) is 3.23. The number of benzene rings is 1. The van der Waals surface area contributed by atoms with Crippen molar-refractivity contribution in [1.82, 2.24) is 19.9 Å². The lowest BCUT2D eigenvalue weighted by Gasteiger charge is -2.40. The highest BCUT2D eigenvalue weighted by Gasteiger charge is 2.56. The Morgan fingerprint density at radius 1 is 1.31 bits per heavy atom. The maximum absolute atomic E-state index is 15.0. The van der Waals surface area contributed by atoms with Crippen LogP contribution >= 0.6 is 0 Å². The van der Waals surface area contributed by atoms with E-state index in [9.17, 15) is 18.7 Å². The molecule has 1 aromatic carbocycles. The molecule has 5 rings (SSSR count). The third kappa shape index (κ3) is 4.30. The van der Waals surface area contributed by atoms with E-state index in [2.05, 4.69) is 19.9 Å². The Labute approximate surface area is 199 Å². The number of amides is 1. The van der Waals surface area contributed by atoms with Crippen molar-refractivity contribution in [1.29, 1.82) is 5.26 Å². The first kappa shape index (κ1) is 23.1. The van der Waals surface area contributed by atoms with E-state index in [0.29, 0.717) is 28.1 Å². The molecule has 2 fully saturated rings. The van der Waals surface area contributed by atoms with Crippen molar-refractivity contribution in [3.63, 3.8) is 0 Å². The number of nitrogens with one attached hydrogen (secondary N) is 1. The average molecular weight is 482 g/mol. The van der Waals surface area contributed by atoms with Crippen LogP contribution in [0.4, 0.5) is 19.4 Å². The predicted molar refractivity (Wildman–Crippen MR) is 121 cm³/mol. The standard InChI is InChI=1S/C24H24F2N6O3/c1-22(2,34)18-11-29-20(12-28-18)32-13-23(35-21(32)33)5-6-24(25,26)15(9-23)8-19-30-16-4-3-14(10-27)7-17(16)31-19/h3-4,7,11-12,15,34H,5-6,8-9,13H2,1-2H3,(H,30,31)/t15-,23-/m0/s1. The monoisotopic (exact) mass is 482 g/mol. The molecule has 1 aliphatic carbocycles. The molecular weight excluding hydrogens is 458 g/mol. The number of fused-ring (bicyclic) bond motifs is 1. The number of rotatable bonds is 4. The fourth-order valence-corrected chi connectivity index (χ4v) is 4.80. The Kier molecular flexibility index (Phi) is 5.25. The highest BCUT2D eigenvalue weighted by Crippen LogP contribution is 2.48. The smallest absolute Gasteiger partial charge is 0.416 e. The summed E-state index contributed by atoms with van der Waals surface area (Å²) in [5.41, 5.74) is -0.258. The van der Waals surface area contributed by atoms with Gasteiger partial charge in [0.1, 0.15) is 17.0 Å². The second-order valence-corrected chi connectivity index (χ2v) is 9.85. The highest BCUT2D eigenvalue weighted by atomic mass is 19.3. The molecule has 1 aliphatic heterocycles. The molecule has 2 atom stereocenters. The van der Waals surface area contributed by atoms with Crippen LogP contribution in [0.15, 0.2) is 30.6 Å². The van der Waals surface area contributed by atoms with Gasteiger partial charge in [0.2, 0.25) is 0 Å². The first-order chi connectivity index (χ1) is 16.5. The van der Waals surface area contributed by atoms with Crippen molar-refractivity contribution >= 4 is 22.9 Å². The molecule has 0 bridgehead atoms. The zero-order valence-corrected chi connectivity index (χ0v) is 19.3. The molecular formula is C24H24F2N6O3. The van der Waals surface area contributed by atoms with Crippen molar-refractivity contribution in [3.8, 4) is 6.07 Å². The van der Waals surface area contributed by atoms with Crippen LogP contribution in [-0.4, -0.2) is 49.2 Å². The summed E-state index contributed by atoms with van der Waals surface area (Å²) in [5, 5.41) is 19.1. The van der Waals surface area contributed by atoms with Crippen molar-refractivity contribution in [3.05, 3.63) is 47.7 Å². The van der Waals surface area contributed by atoms with E-state index < -0.39 is 35.6 Å². The third-order valence-corrected chi connectivity index (χ3v) is 6.74. The van der Waals surface area contributed by atoms with Crippen LogP contribution in [0, 0.1) is 17.2 Å². The molecule has 1 spiro atoms. The zero-order chi connectivity index (χ0) is 25.0. The molecule has 3 aromatic rings. The van der Waals surface area contributed by atoms with E-state index in [1.165, 1.54) is 17.3 Å². The summed E-state index contributed by atoms with van der Waals surface area (Å²) < 4.78 is 35.6. The highest BCUT2D eigenvalue weighted by molar-refractivity contribution is 5.89. The lowest BCUT2D eigenvalue weighted by atomic mass is 9.74. The number of anilines is 1. The number of imidazole rings is 1. The summed E-state index contributed by atoms with van der Waals surface area (Å²) in [7, 11) is 0. The van der Waals surface area contributed by atoms with Crippen LogP contribution in [-0.2, 0) is 16.8 Å². The first-order valence-electron chi connectivity index (χ1n) is 11.3. The van der Waals surface area contributed by atoms with Crippen molar-refractivity contribution < 1.29 is 23.4 Å². The van der Waals surface area contributed by atoms with Crippen LogP contribution in [0.1, 0.15) is 50.2 Å². The number of aliphatic hydroxyl groups is 1. The Hall–Kier alpha value is -3.65. The molecule has 182 valence electrons. The van der Waals surface area contributed by atoms with E-state index in [-0.39, 0.29) is 31.6 Å². The minimum absolute atomic E-state index is 0.0248. The van der Waals surface area contributed by atoms with E-state index >= 15 is 0 Å². The lowest BCUT2D eigenvalue weighted by Crippen LogP contribution is -2.48. The van der Waals surface area contributed by atoms with E-state index in [1.807, 2.05) is 6.07 Å². The quantitative estimate of drug-likeness (QED) is 0.578. The summed E-state index contributed by atoms with van der Waals surface area (Å²) in [6, 6.07) is 6.98. The molecule has 1 saturated heterocycles. The number of nitriles is 1. The van der Waals surface area contributed by atoms with Gasteiger partial charge in [0.25, 0.3) is 5.92 Å². The first-order valence-corrected chi connectivity index (χ1v) is 11.3. The number of aromatic nitrogens is 4. The van der Waals surface area contributed by atoms with Gasteiger partial charge in [-0.15, -0.1) is 0 Å². The molecule has 11 heteroatoms. The number of H-pyrrole nitrogens is 1. The normalized spacial score (nSPS) is 24.1. The summed E-state index contributed by atoms with van der Waals surface area (Å²) in [5.74, 6) is -3.41. The Bertz CT molecular complexity index is 1330. The molecule has 2 aliphatic rings. The topological polar surface area (TPSA) is 128 Å². The number of carbonyl (C=O) groups excluding carboxylic acids is 1. The molecule has 0 unspecified atom stereocenters. The summed E-state index contributed by atoms with van der Waals surface area (Å²) in [4.78, 5) is 29.8. The van der Waals surface area contributed by atoms with Crippen LogP contribution in [0.3, 0.4) is 0 Å². The number of hydrogen-bond acceptors (Lipinski definition) is 7. The van der Waals surface area contributed by atoms with Gasteiger partial charge in [-0.2, -0.15) is 5.26 Å². The molecule has 1 amide bonds.